The molecule has 0 spiro atoms. The van der Waals surface area contributed by atoms with Gasteiger partial charge in [0, 0.05) is 33.5 Å². The number of ether oxygens (including phenoxy) is 2. The zero-order chi connectivity index (χ0) is 29.9. The highest BCUT2D eigenvalue weighted by molar-refractivity contribution is 8.00. The predicted octanol–water partition coefficient (Wildman–Crippen LogP) is 6.15. The third kappa shape index (κ3) is 8.25. The van der Waals surface area contributed by atoms with Crippen LogP contribution in [-0.2, 0) is 9.59 Å². The molecule has 0 bridgehead atoms. The van der Waals surface area contributed by atoms with Gasteiger partial charge in [-0.3, -0.25) is 14.4 Å². The highest BCUT2D eigenvalue weighted by atomic mass is 32.2. The molecular weight excluding hydrogens is 550 g/mol. The lowest BCUT2D eigenvalue weighted by Gasteiger charge is -2.13. The van der Waals surface area contributed by atoms with E-state index in [2.05, 4.69) is 16.0 Å². The largest absolute Gasteiger partial charge is 0.497 e. The number of benzene rings is 4. The van der Waals surface area contributed by atoms with E-state index in [4.69, 9.17) is 9.47 Å². The zero-order valence-electron chi connectivity index (χ0n) is 23.5. The Bertz CT molecular complexity index is 1590. The van der Waals surface area contributed by atoms with Crippen LogP contribution in [0.1, 0.15) is 21.5 Å². The van der Waals surface area contributed by atoms with Crippen LogP contribution in [0.2, 0.25) is 0 Å². The molecular formula is C33H31N3O5S. The van der Waals surface area contributed by atoms with E-state index in [1.807, 2.05) is 43.3 Å². The fraction of sp³-hybridized carbons (Fsp3) is 0.121. The molecule has 42 heavy (non-hydrogen) atoms. The lowest BCUT2D eigenvalue weighted by molar-refractivity contribution is -0.114. The summed E-state index contributed by atoms with van der Waals surface area (Å²) in [7, 11) is 3.06. The van der Waals surface area contributed by atoms with Crippen LogP contribution in [0.3, 0.4) is 0 Å². The summed E-state index contributed by atoms with van der Waals surface area (Å²) in [6.07, 6.45) is 1.55. The molecule has 4 aromatic carbocycles. The van der Waals surface area contributed by atoms with Crippen LogP contribution < -0.4 is 25.4 Å². The van der Waals surface area contributed by atoms with E-state index in [0.717, 1.165) is 16.1 Å². The molecule has 8 nitrogen and oxygen atoms in total. The molecule has 9 heteroatoms. The summed E-state index contributed by atoms with van der Waals surface area (Å²) in [6, 6.07) is 28.5. The number of carbonyl (C=O) groups is 3. The first-order chi connectivity index (χ1) is 20.4. The Labute approximate surface area is 249 Å². The van der Waals surface area contributed by atoms with Crippen LogP contribution in [0.25, 0.3) is 6.08 Å². The molecule has 0 aliphatic heterocycles. The zero-order valence-corrected chi connectivity index (χ0v) is 24.3. The monoisotopic (exact) mass is 581 g/mol. The number of thioether (sulfide) groups is 1. The summed E-state index contributed by atoms with van der Waals surface area (Å²) < 4.78 is 10.7. The summed E-state index contributed by atoms with van der Waals surface area (Å²) in [5.41, 5.74) is 3.32. The summed E-state index contributed by atoms with van der Waals surface area (Å²) in [5, 5.41) is 8.48. The molecule has 3 N–H and O–H groups in total. The molecule has 0 unspecified atom stereocenters. The quantitative estimate of drug-likeness (QED) is 0.145. The molecule has 4 rings (SSSR count). The molecule has 214 valence electrons. The molecule has 0 saturated carbocycles. The van der Waals surface area contributed by atoms with Crippen molar-refractivity contribution in [3.63, 3.8) is 0 Å². The average Bonchev–Trinajstić information content (AvgIpc) is 3.02. The van der Waals surface area contributed by atoms with Crippen molar-refractivity contribution in [2.24, 2.45) is 0 Å². The summed E-state index contributed by atoms with van der Waals surface area (Å²) >= 11 is 1.39. The third-order valence-electron chi connectivity index (χ3n) is 6.17. The van der Waals surface area contributed by atoms with E-state index in [-0.39, 0.29) is 17.4 Å². The van der Waals surface area contributed by atoms with Crippen LogP contribution in [0, 0.1) is 6.92 Å². The van der Waals surface area contributed by atoms with Crippen LogP contribution in [0.4, 0.5) is 11.4 Å². The second kappa shape index (κ2) is 14.6. The second-order valence-corrected chi connectivity index (χ2v) is 10.2. The molecule has 0 atom stereocenters. The van der Waals surface area contributed by atoms with Gasteiger partial charge in [-0.2, -0.15) is 0 Å². The minimum atomic E-state index is -0.518. The van der Waals surface area contributed by atoms with Gasteiger partial charge in [-0.25, -0.2) is 0 Å². The number of hydrogen-bond acceptors (Lipinski definition) is 6. The Morgan fingerprint density at radius 2 is 1.52 bits per heavy atom. The SMILES string of the molecule is COc1ccc(/C=C(\NC(=O)c2ccccc2)C(=O)Nc2ccc(SCC(=O)Nc3ccccc3C)cc2)c(OC)c1. The smallest absolute Gasteiger partial charge is 0.272 e. The van der Waals surface area contributed by atoms with E-state index in [1.54, 1.807) is 73.8 Å². The van der Waals surface area contributed by atoms with Crippen LogP contribution in [-0.4, -0.2) is 37.7 Å². The van der Waals surface area contributed by atoms with Gasteiger partial charge >= 0.3 is 0 Å². The number of nitrogens with one attached hydrogen (secondary N) is 3. The first kappa shape index (κ1) is 30.0. The Kier molecular flexibility index (Phi) is 10.4. The number of aryl methyl sites for hydroxylation is 1. The maximum absolute atomic E-state index is 13.4. The lowest BCUT2D eigenvalue weighted by Crippen LogP contribution is -2.30. The number of methoxy groups -OCH3 is 2. The maximum Gasteiger partial charge on any atom is 0.272 e. The van der Waals surface area contributed by atoms with Gasteiger partial charge in [-0.15, -0.1) is 11.8 Å². The highest BCUT2D eigenvalue weighted by Crippen LogP contribution is 2.27. The van der Waals surface area contributed by atoms with Crippen molar-refractivity contribution in [1.82, 2.24) is 5.32 Å². The first-order valence-corrected chi connectivity index (χ1v) is 14.0. The molecule has 0 aliphatic carbocycles. The van der Waals surface area contributed by atoms with Gasteiger partial charge in [0.1, 0.15) is 17.2 Å². The van der Waals surface area contributed by atoms with Crippen molar-refractivity contribution < 1.29 is 23.9 Å². The van der Waals surface area contributed by atoms with Gasteiger partial charge < -0.3 is 25.4 Å². The molecule has 0 radical (unpaired) electrons. The van der Waals surface area contributed by atoms with Crippen LogP contribution in [0.15, 0.2) is 108 Å². The van der Waals surface area contributed by atoms with E-state index in [1.165, 1.54) is 18.9 Å². The topological polar surface area (TPSA) is 106 Å². The standard InChI is InChI=1S/C33H31N3O5S/c1-22-9-7-8-12-28(22)35-31(37)21-42-27-17-14-25(15-18-27)34-33(39)29(36-32(38)23-10-5-4-6-11-23)19-24-13-16-26(40-2)20-30(24)41-3/h4-20H,21H2,1-3H3,(H,34,39)(H,35,37)(H,36,38)/b29-19-. The molecule has 0 heterocycles. The number of hydrogen-bond donors (Lipinski definition) is 3. The Balaban J connectivity index is 1.46. The molecule has 3 amide bonds. The van der Waals surface area contributed by atoms with Gasteiger partial charge in [-0.05, 0) is 73.2 Å². The molecule has 0 aromatic heterocycles. The molecule has 0 saturated heterocycles. The highest BCUT2D eigenvalue weighted by Gasteiger charge is 2.17. The summed E-state index contributed by atoms with van der Waals surface area (Å²) in [4.78, 5) is 39.6. The maximum atomic E-state index is 13.4. The van der Waals surface area contributed by atoms with Crippen molar-refractivity contribution >= 4 is 46.9 Å². The van der Waals surface area contributed by atoms with E-state index >= 15 is 0 Å². The van der Waals surface area contributed by atoms with Crippen molar-refractivity contribution in [2.45, 2.75) is 11.8 Å². The van der Waals surface area contributed by atoms with Crippen LogP contribution >= 0.6 is 11.8 Å². The molecule has 0 aliphatic rings. The number of carbonyl (C=O) groups excluding carboxylic acids is 3. The minimum absolute atomic E-state index is 0.0265. The Morgan fingerprint density at radius 1 is 0.810 bits per heavy atom. The third-order valence-corrected chi connectivity index (χ3v) is 7.18. The second-order valence-electron chi connectivity index (χ2n) is 9.12. The number of para-hydroxylation sites is 1. The van der Waals surface area contributed by atoms with Crippen molar-refractivity contribution in [1.29, 1.82) is 0 Å². The van der Waals surface area contributed by atoms with E-state index < -0.39 is 11.8 Å². The lowest BCUT2D eigenvalue weighted by atomic mass is 10.1. The van der Waals surface area contributed by atoms with Gasteiger partial charge in [0.15, 0.2) is 0 Å². The molecule has 0 fully saturated rings. The van der Waals surface area contributed by atoms with E-state index in [9.17, 15) is 14.4 Å². The number of amides is 3. The van der Waals surface area contributed by atoms with Crippen molar-refractivity contribution in [2.75, 3.05) is 30.6 Å². The number of rotatable bonds is 11. The minimum Gasteiger partial charge on any atom is -0.497 e. The number of anilines is 2. The predicted molar refractivity (Wildman–Crippen MR) is 167 cm³/mol. The Hall–Kier alpha value is -5.02. The Morgan fingerprint density at radius 3 is 2.21 bits per heavy atom. The fourth-order valence-corrected chi connectivity index (χ4v) is 4.62. The van der Waals surface area contributed by atoms with Gasteiger partial charge in [-0.1, -0.05) is 36.4 Å². The first-order valence-electron chi connectivity index (χ1n) is 13.1. The van der Waals surface area contributed by atoms with Crippen molar-refractivity contribution in [3.8, 4) is 11.5 Å². The summed E-state index contributed by atoms with van der Waals surface area (Å²) in [5.74, 6) is 0.248. The fourth-order valence-electron chi connectivity index (χ4n) is 3.92. The van der Waals surface area contributed by atoms with Gasteiger partial charge in [0.2, 0.25) is 5.91 Å². The normalized spacial score (nSPS) is 10.9. The van der Waals surface area contributed by atoms with Crippen LogP contribution in [0.5, 0.6) is 11.5 Å². The average molecular weight is 582 g/mol. The van der Waals surface area contributed by atoms with Gasteiger partial charge in [0.25, 0.3) is 11.8 Å². The summed E-state index contributed by atoms with van der Waals surface area (Å²) in [6.45, 7) is 1.94. The van der Waals surface area contributed by atoms with Gasteiger partial charge in [0.05, 0.1) is 20.0 Å². The molecule has 4 aromatic rings. The van der Waals surface area contributed by atoms with Crippen molar-refractivity contribution in [3.05, 3.63) is 119 Å². The van der Waals surface area contributed by atoms with E-state index in [0.29, 0.717) is 28.3 Å².